The second kappa shape index (κ2) is 6.37. The van der Waals surface area contributed by atoms with Crippen LogP contribution >= 0.6 is 0 Å². The Morgan fingerprint density at radius 3 is 2.41 bits per heavy atom. The van der Waals surface area contributed by atoms with Gasteiger partial charge in [-0.05, 0) is 30.3 Å². The maximum atomic E-state index is 12.0. The van der Waals surface area contributed by atoms with E-state index in [2.05, 4.69) is 0 Å². The van der Waals surface area contributed by atoms with Crippen LogP contribution in [-0.2, 0) is 0 Å². The highest BCUT2D eigenvalue weighted by Gasteiger charge is 2.16. The molecule has 0 aliphatic carbocycles. The van der Waals surface area contributed by atoms with Crippen molar-refractivity contribution in [3.63, 3.8) is 0 Å². The number of esters is 1. The second-order valence-electron chi connectivity index (χ2n) is 4.17. The zero-order valence-corrected chi connectivity index (χ0v) is 11.5. The maximum absolute atomic E-state index is 12.0. The lowest BCUT2D eigenvalue weighted by molar-refractivity contribution is -0.384. The summed E-state index contributed by atoms with van der Waals surface area (Å²) in [4.78, 5) is 22.2. The predicted molar refractivity (Wildman–Crippen MR) is 75.8 cm³/mol. The molecule has 0 amide bonds. The van der Waals surface area contributed by atoms with Crippen LogP contribution < -0.4 is 9.47 Å². The lowest BCUT2D eigenvalue weighted by atomic mass is 10.1. The van der Waals surface area contributed by atoms with Crippen LogP contribution in [0, 0.1) is 21.4 Å². The number of nitriles is 1. The molecule has 110 valence electrons. The molecule has 22 heavy (non-hydrogen) atoms. The van der Waals surface area contributed by atoms with E-state index in [0.717, 1.165) is 6.07 Å². The summed E-state index contributed by atoms with van der Waals surface area (Å²) < 4.78 is 10.1. The van der Waals surface area contributed by atoms with Gasteiger partial charge in [0.05, 0.1) is 35.3 Å². The largest absolute Gasteiger partial charge is 0.493 e. The van der Waals surface area contributed by atoms with Gasteiger partial charge in [0, 0.05) is 6.07 Å². The molecule has 7 nitrogen and oxygen atoms in total. The van der Waals surface area contributed by atoms with E-state index in [1.165, 1.54) is 43.5 Å². The lowest BCUT2D eigenvalue weighted by Crippen LogP contribution is -2.09. The summed E-state index contributed by atoms with van der Waals surface area (Å²) in [5.41, 5.74) is 0.403. The molecule has 7 heteroatoms. The molecule has 0 atom stereocenters. The van der Waals surface area contributed by atoms with Gasteiger partial charge in [-0.15, -0.1) is 0 Å². The summed E-state index contributed by atoms with van der Waals surface area (Å²) >= 11 is 0. The van der Waals surface area contributed by atoms with Gasteiger partial charge in [-0.1, -0.05) is 0 Å². The highest BCUT2D eigenvalue weighted by molar-refractivity contribution is 5.91. The first-order chi connectivity index (χ1) is 10.5. The summed E-state index contributed by atoms with van der Waals surface area (Å²) in [7, 11) is 1.36. The minimum Gasteiger partial charge on any atom is -0.493 e. The number of nitrogens with zero attached hydrogens (tertiary/aromatic N) is 2. The van der Waals surface area contributed by atoms with Gasteiger partial charge in [-0.2, -0.15) is 5.26 Å². The molecule has 0 aliphatic heterocycles. The number of ether oxygens (including phenoxy) is 2. The predicted octanol–water partition coefficient (Wildman–Crippen LogP) is 2.69. The van der Waals surface area contributed by atoms with Crippen LogP contribution in [0.2, 0.25) is 0 Å². The van der Waals surface area contributed by atoms with Crippen LogP contribution in [0.25, 0.3) is 0 Å². The summed E-state index contributed by atoms with van der Waals surface area (Å²) in [5.74, 6) is -0.554. The summed E-state index contributed by atoms with van der Waals surface area (Å²) in [6, 6.07) is 11.5. The van der Waals surface area contributed by atoms with Gasteiger partial charge in [0.15, 0.2) is 11.5 Å². The van der Waals surface area contributed by atoms with Crippen molar-refractivity contribution in [2.75, 3.05) is 7.11 Å². The molecule has 2 aromatic carbocycles. The average molecular weight is 298 g/mol. The van der Waals surface area contributed by atoms with Crippen LogP contribution in [0.4, 0.5) is 5.69 Å². The molecule has 0 N–H and O–H groups in total. The van der Waals surface area contributed by atoms with Crippen molar-refractivity contribution in [3.05, 3.63) is 63.7 Å². The Labute approximate surface area is 125 Å². The molecule has 0 bridgehead atoms. The van der Waals surface area contributed by atoms with E-state index >= 15 is 0 Å². The summed E-state index contributed by atoms with van der Waals surface area (Å²) in [6.07, 6.45) is 0. The third-order valence-corrected chi connectivity index (χ3v) is 2.81. The average Bonchev–Trinajstić information content (AvgIpc) is 2.54. The number of non-ortho nitro benzene ring substituents is 1. The minimum absolute atomic E-state index is 0.0499. The topological polar surface area (TPSA) is 102 Å². The molecule has 0 fully saturated rings. The van der Waals surface area contributed by atoms with Gasteiger partial charge in [-0.3, -0.25) is 10.1 Å². The fraction of sp³-hybridized carbons (Fsp3) is 0.0667. The van der Waals surface area contributed by atoms with Crippen LogP contribution in [0.5, 0.6) is 11.5 Å². The fourth-order valence-corrected chi connectivity index (χ4v) is 1.70. The van der Waals surface area contributed by atoms with Crippen molar-refractivity contribution in [2.45, 2.75) is 0 Å². The molecule has 2 aromatic rings. The summed E-state index contributed by atoms with van der Waals surface area (Å²) in [6.45, 7) is 0. The zero-order valence-electron chi connectivity index (χ0n) is 11.5. The van der Waals surface area contributed by atoms with Gasteiger partial charge in [-0.25, -0.2) is 4.79 Å². The number of carbonyl (C=O) groups is 1. The quantitative estimate of drug-likeness (QED) is 0.372. The van der Waals surface area contributed by atoms with E-state index in [1.54, 1.807) is 0 Å². The van der Waals surface area contributed by atoms with E-state index in [0.29, 0.717) is 5.56 Å². The molecule has 0 spiro atoms. The van der Waals surface area contributed by atoms with Crippen molar-refractivity contribution >= 4 is 11.7 Å². The standard InChI is InChI=1S/C15H10N2O5/c1-21-13-7-6-12(17(19)20)8-14(13)22-15(18)11-4-2-10(9-16)3-5-11/h2-8H,1H3. The first-order valence-electron chi connectivity index (χ1n) is 6.10. The number of nitro benzene ring substituents is 1. The normalized spacial score (nSPS) is 9.64. The van der Waals surface area contributed by atoms with E-state index in [-0.39, 0.29) is 22.7 Å². The van der Waals surface area contributed by atoms with Crippen molar-refractivity contribution in [2.24, 2.45) is 0 Å². The van der Waals surface area contributed by atoms with Gasteiger partial charge >= 0.3 is 5.97 Å². The van der Waals surface area contributed by atoms with Gasteiger partial charge in [0.1, 0.15) is 0 Å². The highest BCUT2D eigenvalue weighted by Crippen LogP contribution is 2.31. The van der Waals surface area contributed by atoms with Crippen LogP contribution in [0.3, 0.4) is 0 Å². The van der Waals surface area contributed by atoms with Gasteiger partial charge in [0.25, 0.3) is 5.69 Å². The van der Waals surface area contributed by atoms with Crippen molar-refractivity contribution in [1.82, 2.24) is 0 Å². The third-order valence-electron chi connectivity index (χ3n) is 2.81. The van der Waals surface area contributed by atoms with Crippen LogP contribution in [0.15, 0.2) is 42.5 Å². The SMILES string of the molecule is COc1ccc([N+](=O)[O-])cc1OC(=O)c1ccc(C#N)cc1. The van der Waals surface area contributed by atoms with Crippen molar-refractivity contribution < 1.29 is 19.2 Å². The molecular weight excluding hydrogens is 288 g/mol. The molecular formula is C15H10N2O5. The maximum Gasteiger partial charge on any atom is 0.343 e. The van der Waals surface area contributed by atoms with Crippen molar-refractivity contribution in [3.8, 4) is 17.6 Å². The molecule has 0 radical (unpaired) electrons. The summed E-state index contributed by atoms with van der Waals surface area (Å²) in [5, 5.41) is 19.5. The second-order valence-corrected chi connectivity index (χ2v) is 4.17. The zero-order chi connectivity index (χ0) is 16.1. The third kappa shape index (κ3) is 3.19. The fourth-order valence-electron chi connectivity index (χ4n) is 1.70. The molecule has 0 aromatic heterocycles. The Morgan fingerprint density at radius 1 is 1.18 bits per heavy atom. The first kappa shape index (κ1) is 15.0. The van der Waals surface area contributed by atoms with Gasteiger partial charge in [0.2, 0.25) is 0 Å². The molecule has 0 heterocycles. The number of carbonyl (C=O) groups excluding carboxylic acids is 1. The Balaban J connectivity index is 2.28. The van der Waals surface area contributed by atoms with Crippen LogP contribution in [-0.4, -0.2) is 18.0 Å². The van der Waals surface area contributed by atoms with Crippen molar-refractivity contribution in [1.29, 1.82) is 5.26 Å². The Bertz CT molecular complexity index is 762. The van der Waals surface area contributed by atoms with Gasteiger partial charge < -0.3 is 9.47 Å². The molecule has 0 saturated heterocycles. The lowest BCUT2D eigenvalue weighted by Gasteiger charge is -2.08. The number of nitro groups is 1. The molecule has 0 saturated carbocycles. The monoisotopic (exact) mass is 298 g/mol. The number of hydrogen-bond acceptors (Lipinski definition) is 6. The van der Waals surface area contributed by atoms with Crippen LogP contribution in [0.1, 0.15) is 15.9 Å². The molecule has 0 unspecified atom stereocenters. The first-order valence-corrected chi connectivity index (χ1v) is 6.10. The van der Waals surface area contributed by atoms with E-state index in [4.69, 9.17) is 14.7 Å². The number of hydrogen-bond donors (Lipinski definition) is 0. The number of methoxy groups -OCH3 is 1. The van der Waals surface area contributed by atoms with E-state index < -0.39 is 10.9 Å². The van der Waals surface area contributed by atoms with E-state index in [1.807, 2.05) is 6.07 Å². The number of benzene rings is 2. The highest BCUT2D eigenvalue weighted by atomic mass is 16.6. The minimum atomic E-state index is -0.705. The Kier molecular flexibility index (Phi) is 4.34. The molecule has 0 aliphatic rings. The Morgan fingerprint density at radius 2 is 1.86 bits per heavy atom. The molecule has 2 rings (SSSR count). The van der Waals surface area contributed by atoms with E-state index in [9.17, 15) is 14.9 Å². The number of rotatable bonds is 4. The Hall–Kier alpha value is -3.40. The smallest absolute Gasteiger partial charge is 0.343 e.